The van der Waals surface area contributed by atoms with Crippen molar-refractivity contribution in [1.29, 1.82) is 0 Å². The highest BCUT2D eigenvalue weighted by molar-refractivity contribution is 7.98. The maximum Gasteiger partial charge on any atom is 0.321 e. The Labute approximate surface area is 106 Å². The van der Waals surface area contributed by atoms with Gasteiger partial charge in [-0.1, -0.05) is 6.07 Å². The smallest absolute Gasteiger partial charge is 0.321 e. The van der Waals surface area contributed by atoms with Crippen LogP contribution in [0.2, 0.25) is 0 Å². The number of methoxy groups -OCH3 is 1. The summed E-state index contributed by atoms with van der Waals surface area (Å²) in [5, 5.41) is 2.84. The molecule has 17 heavy (non-hydrogen) atoms. The van der Waals surface area contributed by atoms with Crippen molar-refractivity contribution in [3.8, 4) is 0 Å². The highest BCUT2D eigenvalue weighted by atomic mass is 32.2. The molecule has 1 aromatic carbocycles. The summed E-state index contributed by atoms with van der Waals surface area (Å²) >= 11 is 1.65. The topological polar surface area (TPSA) is 41.6 Å². The molecule has 0 unspecified atom stereocenters. The van der Waals surface area contributed by atoms with E-state index in [1.54, 1.807) is 30.8 Å². The molecule has 0 aromatic heterocycles. The van der Waals surface area contributed by atoms with Gasteiger partial charge in [0.15, 0.2) is 0 Å². The van der Waals surface area contributed by atoms with Crippen LogP contribution in [0.4, 0.5) is 10.5 Å². The number of carbonyl (C=O) groups excluding carboxylic acids is 1. The molecule has 1 N–H and O–H groups in total. The molecule has 94 valence electrons. The van der Waals surface area contributed by atoms with Crippen molar-refractivity contribution in [2.24, 2.45) is 0 Å². The Morgan fingerprint density at radius 1 is 1.53 bits per heavy atom. The molecular formula is C12H18N2O2S. The van der Waals surface area contributed by atoms with E-state index in [4.69, 9.17) is 4.74 Å². The van der Waals surface area contributed by atoms with Gasteiger partial charge in [-0.05, 0) is 24.5 Å². The normalized spacial score (nSPS) is 10.1. The molecule has 0 heterocycles. The number of urea groups is 1. The number of thioether (sulfide) groups is 1. The zero-order valence-electron chi connectivity index (χ0n) is 10.4. The Morgan fingerprint density at radius 3 is 2.94 bits per heavy atom. The standard InChI is InChI=1S/C12H18N2O2S/c1-14(7-8-16-2)12(15)13-10-5-4-6-11(9-10)17-3/h4-6,9H,7-8H2,1-3H3,(H,13,15). The molecule has 0 aliphatic rings. The first-order valence-electron chi connectivity index (χ1n) is 5.32. The summed E-state index contributed by atoms with van der Waals surface area (Å²) in [6.45, 7) is 1.11. The van der Waals surface area contributed by atoms with E-state index in [0.29, 0.717) is 13.2 Å². The second kappa shape index (κ2) is 7.19. The lowest BCUT2D eigenvalue weighted by molar-refractivity contribution is 0.165. The summed E-state index contributed by atoms with van der Waals surface area (Å²) in [6, 6.07) is 7.64. The molecule has 5 heteroatoms. The first kappa shape index (κ1) is 13.9. The zero-order chi connectivity index (χ0) is 12.7. The number of nitrogens with one attached hydrogen (secondary N) is 1. The van der Waals surface area contributed by atoms with Crippen LogP contribution in [0.15, 0.2) is 29.2 Å². The molecule has 2 amide bonds. The lowest BCUT2D eigenvalue weighted by Gasteiger charge is -2.17. The Morgan fingerprint density at radius 2 is 2.29 bits per heavy atom. The van der Waals surface area contributed by atoms with E-state index in [1.165, 1.54) is 0 Å². The number of anilines is 1. The van der Waals surface area contributed by atoms with Crippen LogP contribution in [-0.2, 0) is 4.74 Å². The number of ether oxygens (including phenoxy) is 1. The van der Waals surface area contributed by atoms with Crippen molar-refractivity contribution in [3.63, 3.8) is 0 Å². The van der Waals surface area contributed by atoms with Gasteiger partial charge in [0, 0.05) is 31.3 Å². The third kappa shape index (κ3) is 4.66. The van der Waals surface area contributed by atoms with Gasteiger partial charge < -0.3 is 15.0 Å². The van der Waals surface area contributed by atoms with Crippen LogP contribution in [0.5, 0.6) is 0 Å². The summed E-state index contributed by atoms with van der Waals surface area (Å²) < 4.78 is 4.92. The first-order valence-corrected chi connectivity index (χ1v) is 6.55. The second-order valence-corrected chi connectivity index (χ2v) is 4.46. The molecule has 0 spiro atoms. The fourth-order valence-electron chi connectivity index (χ4n) is 1.25. The number of hydrogen-bond donors (Lipinski definition) is 1. The lowest BCUT2D eigenvalue weighted by atomic mass is 10.3. The van der Waals surface area contributed by atoms with Gasteiger partial charge in [0.25, 0.3) is 0 Å². The monoisotopic (exact) mass is 254 g/mol. The minimum atomic E-state index is -0.125. The van der Waals surface area contributed by atoms with Gasteiger partial charge in [-0.3, -0.25) is 0 Å². The van der Waals surface area contributed by atoms with Gasteiger partial charge in [-0.2, -0.15) is 0 Å². The molecule has 0 bridgehead atoms. The maximum absolute atomic E-state index is 11.8. The summed E-state index contributed by atoms with van der Waals surface area (Å²) in [5.41, 5.74) is 0.811. The van der Waals surface area contributed by atoms with Crippen LogP contribution in [0, 0.1) is 0 Å². The molecule has 1 rings (SSSR count). The van der Waals surface area contributed by atoms with E-state index in [-0.39, 0.29) is 6.03 Å². The van der Waals surface area contributed by atoms with Gasteiger partial charge in [0.1, 0.15) is 0 Å². The van der Waals surface area contributed by atoms with E-state index in [0.717, 1.165) is 10.6 Å². The van der Waals surface area contributed by atoms with Crippen LogP contribution < -0.4 is 5.32 Å². The Kier molecular flexibility index (Phi) is 5.86. The Hall–Kier alpha value is -1.20. The van der Waals surface area contributed by atoms with Crippen molar-refractivity contribution >= 4 is 23.5 Å². The fraction of sp³-hybridized carbons (Fsp3) is 0.417. The highest BCUT2D eigenvalue weighted by Crippen LogP contribution is 2.19. The molecule has 0 fully saturated rings. The van der Waals surface area contributed by atoms with E-state index in [9.17, 15) is 4.79 Å². The summed E-state index contributed by atoms with van der Waals surface area (Å²) in [4.78, 5) is 14.5. The SMILES string of the molecule is COCCN(C)C(=O)Nc1cccc(SC)c1. The van der Waals surface area contributed by atoms with Gasteiger partial charge in [-0.15, -0.1) is 11.8 Å². The Bertz CT molecular complexity index is 371. The van der Waals surface area contributed by atoms with Crippen molar-refractivity contribution in [2.45, 2.75) is 4.90 Å². The number of nitrogens with zero attached hydrogens (tertiary/aromatic N) is 1. The van der Waals surface area contributed by atoms with E-state index in [2.05, 4.69) is 5.32 Å². The first-order chi connectivity index (χ1) is 8.17. The van der Waals surface area contributed by atoms with Crippen molar-refractivity contribution in [1.82, 2.24) is 4.90 Å². The molecule has 1 aromatic rings. The third-order valence-corrected chi connectivity index (χ3v) is 3.02. The van der Waals surface area contributed by atoms with E-state index >= 15 is 0 Å². The largest absolute Gasteiger partial charge is 0.383 e. The Balaban J connectivity index is 2.54. The zero-order valence-corrected chi connectivity index (χ0v) is 11.2. The predicted molar refractivity (Wildman–Crippen MR) is 71.7 cm³/mol. The number of carbonyl (C=O) groups is 1. The number of hydrogen-bond acceptors (Lipinski definition) is 3. The van der Waals surface area contributed by atoms with Crippen molar-refractivity contribution in [2.75, 3.05) is 38.9 Å². The quantitative estimate of drug-likeness (QED) is 0.821. The highest BCUT2D eigenvalue weighted by Gasteiger charge is 2.08. The van der Waals surface area contributed by atoms with Crippen molar-refractivity contribution < 1.29 is 9.53 Å². The summed E-state index contributed by atoms with van der Waals surface area (Å²) in [5.74, 6) is 0. The van der Waals surface area contributed by atoms with Gasteiger partial charge in [-0.25, -0.2) is 4.79 Å². The summed E-state index contributed by atoms with van der Waals surface area (Å²) in [6.07, 6.45) is 2.01. The van der Waals surface area contributed by atoms with E-state index < -0.39 is 0 Å². The number of rotatable bonds is 5. The van der Waals surface area contributed by atoms with Gasteiger partial charge >= 0.3 is 6.03 Å². The van der Waals surface area contributed by atoms with Crippen LogP contribution in [-0.4, -0.2) is 44.5 Å². The number of amides is 2. The van der Waals surface area contributed by atoms with Crippen LogP contribution in [0.3, 0.4) is 0 Å². The molecule has 0 saturated heterocycles. The minimum Gasteiger partial charge on any atom is -0.383 e. The molecule has 0 radical (unpaired) electrons. The van der Waals surface area contributed by atoms with Crippen molar-refractivity contribution in [3.05, 3.63) is 24.3 Å². The van der Waals surface area contributed by atoms with Crippen LogP contribution in [0.1, 0.15) is 0 Å². The lowest BCUT2D eigenvalue weighted by Crippen LogP contribution is -2.33. The van der Waals surface area contributed by atoms with Gasteiger partial charge in [0.2, 0.25) is 0 Å². The summed E-state index contributed by atoms with van der Waals surface area (Å²) in [7, 11) is 3.36. The average molecular weight is 254 g/mol. The molecular weight excluding hydrogens is 236 g/mol. The molecule has 4 nitrogen and oxygen atoms in total. The van der Waals surface area contributed by atoms with E-state index in [1.807, 2.05) is 30.5 Å². The molecule has 0 aliphatic heterocycles. The molecule has 0 aliphatic carbocycles. The fourth-order valence-corrected chi connectivity index (χ4v) is 1.71. The second-order valence-electron chi connectivity index (χ2n) is 3.58. The van der Waals surface area contributed by atoms with Crippen LogP contribution >= 0.6 is 11.8 Å². The molecule has 0 saturated carbocycles. The average Bonchev–Trinajstić information content (AvgIpc) is 2.36. The third-order valence-electron chi connectivity index (χ3n) is 2.30. The maximum atomic E-state index is 11.8. The molecule has 0 atom stereocenters. The van der Waals surface area contributed by atoms with Crippen LogP contribution in [0.25, 0.3) is 0 Å². The number of likely N-dealkylation sites (N-methyl/N-ethyl adjacent to an activating group) is 1. The van der Waals surface area contributed by atoms with Gasteiger partial charge in [0.05, 0.1) is 6.61 Å². The number of benzene rings is 1. The predicted octanol–water partition coefficient (Wildman–Crippen LogP) is 2.52. The minimum absolute atomic E-state index is 0.125.